The first-order valence-corrected chi connectivity index (χ1v) is 10.9. The van der Waals surface area contributed by atoms with Gasteiger partial charge in [-0.05, 0) is 43.0 Å². The Balaban J connectivity index is 2.16. The van der Waals surface area contributed by atoms with E-state index in [2.05, 4.69) is 29.0 Å². The van der Waals surface area contributed by atoms with Crippen molar-refractivity contribution in [3.63, 3.8) is 0 Å². The van der Waals surface area contributed by atoms with Crippen LogP contribution in [0.1, 0.15) is 29.3 Å². The second kappa shape index (κ2) is 10.2. The van der Waals surface area contributed by atoms with Crippen LogP contribution in [-0.2, 0) is 19.4 Å². The van der Waals surface area contributed by atoms with Crippen molar-refractivity contribution in [1.82, 2.24) is 10.8 Å². The summed E-state index contributed by atoms with van der Waals surface area (Å²) in [4.78, 5) is 24.8. The van der Waals surface area contributed by atoms with E-state index in [0.29, 0.717) is 12.0 Å². The Kier molecular flexibility index (Phi) is 7.98. The predicted molar refractivity (Wildman–Crippen MR) is 107 cm³/mol. The molecule has 1 aliphatic heterocycles. The van der Waals surface area contributed by atoms with Crippen molar-refractivity contribution in [2.24, 2.45) is 0 Å². The molecular weight excluding hydrogens is 412 g/mol. The van der Waals surface area contributed by atoms with Gasteiger partial charge in [0.1, 0.15) is 11.6 Å². The maximum absolute atomic E-state index is 12.6. The van der Waals surface area contributed by atoms with Gasteiger partial charge in [-0.15, -0.1) is 0 Å². The minimum atomic E-state index is -3.40. The fourth-order valence-electron chi connectivity index (χ4n) is 3.01. The number of carbonyl (C=O) groups is 2. The standard InChI is InChI=1S/C20H22N2O7S/c1-2-29-20(13-30(27,28)14-20)17(19(25)22-26)21-18(24)16-10-8-15(9-11-16)7-5-3-4-6-12-23/h8-11,17,23,26H,2,6,12-14H2,1H3,(H,21,24)(H,22,25). The van der Waals surface area contributed by atoms with E-state index in [-0.39, 0.29) is 18.8 Å². The summed E-state index contributed by atoms with van der Waals surface area (Å²) in [5.74, 6) is 8.14. The lowest BCUT2D eigenvalue weighted by atomic mass is 9.95. The van der Waals surface area contributed by atoms with E-state index in [0.717, 1.165) is 0 Å². The molecular formula is C20H22N2O7S. The molecule has 1 heterocycles. The smallest absolute Gasteiger partial charge is 0.268 e. The lowest BCUT2D eigenvalue weighted by Crippen LogP contribution is -2.71. The van der Waals surface area contributed by atoms with Crippen LogP contribution in [0.4, 0.5) is 0 Å². The number of aliphatic hydroxyl groups is 1. The molecule has 10 heteroatoms. The van der Waals surface area contributed by atoms with Crippen LogP contribution in [-0.4, -0.2) is 66.9 Å². The van der Waals surface area contributed by atoms with Gasteiger partial charge in [-0.2, -0.15) is 0 Å². The zero-order chi connectivity index (χ0) is 22.2. The van der Waals surface area contributed by atoms with Crippen LogP contribution in [0.15, 0.2) is 24.3 Å². The van der Waals surface area contributed by atoms with Gasteiger partial charge in [0, 0.05) is 24.2 Å². The molecule has 0 aliphatic carbocycles. The monoisotopic (exact) mass is 434 g/mol. The molecule has 2 amide bonds. The number of sulfone groups is 1. The third kappa shape index (κ3) is 5.81. The maximum atomic E-state index is 12.6. The maximum Gasteiger partial charge on any atom is 0.268 e. The van der Waals surface area contributed by atoms with Crippen LogP contribution in [0.2, 0.25) is 0 Å². The predicted octanol–water partition coefficient (Wildman–Crippen LogP) is -0.769. The summed E-state index contributed by atoms with van der Waals surface area (Å²) in [5.41, 5.74) is 0.811. The third-order valence-corrected chi connectivity index (χ3v) is 6.13. The summed E-state index contributed by atoms with van der Waals surface area (Å²) in [5, 5.41) is 20.1. The van der Waals surface area contributed by atoms with Crippen LogP contribution < -0.4 is 10.8 Å². The molecule has 1 aliphatic rings. The number of hydrogen-bond acceptors (Lipinski definition) is 7. The summed E-state index contributed by atoms with van der Waals surface area (Å²) >= 11 is 0. The number of rotatable bonds is 7. The van der Waals surface area contributed by atoms with Crippen molar-refractivity contribution in [2.45, 2.75) is 25.0 Å². The van der Waals surface area contributed by atoms with Crippen LogP contribution >= 0.6 is 0 Å². The molecule has 4 N–H and O–H groups in total. The quantitative estimate of drug-likeness (QED) is 0.251. The average molecular weight is 434 g/mol. The molecule has 0 radical (unpaired) electrons. The molecule has 0 bridgehead atoms. The van der Waals surface area contributed by atoms with Gasteiger partial charge in [0.05, 0.1) is 18.1 Å². The van der Waals surface area contributed by atoms with Gasteiger partial charge in [0.25, 0.3) is 11.8 Å². The highest BCUT2D eigenvalue weighted by molar-refractivity contribution is 7.93. The first kappa shape index (κ1) is 23.4. The molecule has 0 saturated carbocycles. The van der Waals surface area contributed by atoms with E-state index in [1.165, 1.54) is 17.6 Å². The van der Waals surface area contributed by atoms with Crippen molar-refractivity contribution >= 4 is 21.7 Å². The number of amides is 2. The molecule has 160 valence electrons. The molecule has 1 atom stereocenters. The van der Waals surface area contributed by atoms with Crippen molar-refractivity contribution in [3.8, 4) is 23.7 Å². The summed E-state index contributed by atoms with van der Waals surface area (Å²) < 4.78 is 28.9. The zero-order valence-electron chi connectivity index (χ0n) is 16.3. The zero-order valence-corrected chi connectivity index (χ0v) is 17.1. The van der Waals surface area contributed by atoms with Crippen molar-refractivity contribution in [1.29, 1.82) is 0 Å². The number of hydroxylamine groups is 1. The highest BCUT2D eigenvalue weighted by atomic mass is 32.2. The molecule has 30 heavy (non-hydrogen) atoms. The van der Waals surface area contributed by atoms with Gasteiger partial charge < -0.3 is 15.2 Å². The van der Waals surface area contributed by atoms with Gasteiger partial charge >= 0.3 is 0 Å². The second-order valence-electron chi connectivity index (χ2n) is 6.52. The number of benzene rings is 1. The van der Waals surface area contributed by atoms with Crippen molar-refractivity contribution in [2.75, 3.05) is 24.7 Å². The van der Waals surface area contributed by atoms with Gasteiger partial charge in [0.2, 0.25) is 0 Å². The first-order valence-electron chi connectivity index (χ1n) is 9.06. The molecule has 1 fully saturated rings. The number of carbonyl (C=O) groups excluding carboxylic acids is 2. The minimum Gasteiger partial charge on any atom is -0.395 e. The summed E-state index contributed by atoms with van der Waals surface area (Å²) in [6, 6.07) is 4.74. The van der Waals surface area contributed by atoms with Crippen molar-refractivity contribution < 1.29 is 33.1 Å². The Hall–Kier alpha value is -2.89. The summed E-state index contributed by atoms with van der Waals surface area (Å²) in [6.45, 7) is 1.72. The first-order chi connectivity index (χ1) is 14.3. The van der Waals surface area contributed by atoms with E-state index >= 15 is 0 Å². The molecule has 0 spiro atoms. The lowest BCUT2D eigenvalue weighted by Gasteiger charge is -2.45. The summed E-state index contributed by atoms with van der Waals surface area (Å²) in [6.07, 6.45) is 0.334. The number of ether oxygens (including phenoxy) is 1. The second-order valence-corrected chi connectivity index (χ2v) is 8.58. The SMILES string of the molecule is CCOC1(C(NC(=O)c2ccc(C#CC#CCCO)cc2)C(=O)NO)CS(=O)(=O)C1. The van der Waals surface area contributed by atoms with E-state index < -0.39 is 44.8 Å². The molecule has 2 rings (SSSR count). The van der Waals surface area contributed by atoms with Gasteiger partial charge in [-0.25, -0.2) is 13.9 Å². The van der Waals surface area contributed by atoms with Gasteiger partial charge in [-0.3, -0.25) is 14.8 Å². The summed E-state index contributed by atoms with van der Waals surface area (Å²) in [7, 11) is -3.40. The lowest BCUT2D eigenvalue weighted by molar-refractivity contribution is -0.140. The highest BCUT2D eigenvalue weighted by Gasteiger charge is 2.57. The van der Waals surface area contributed by atoms with E-state index in [1.807, 2.05) is 0 Å². The Bertz CT molecular complexity index is 999. The largest absolute Gasteiger partial charge is 0.395 e. The van der Waals surface area contributed by atoms with E-state index in [1.54, 1.807) is 19.1 Å². The van der Waals surface area contributed by atoms with E-state index in [9.17, 15) is 18.0 Å². The number of hydrogen-bond donors (Lipinski definition) is 4. The Morgan fingerprint density at radius 1 is 1.23 bits per heavy atom. The highest BCUT2D eigenvalue weighted by Crippen LogP contribution is 2.32. The van der Waals surface area contributed by atoms with Gasteiger partial charge in [-0.1, -0.05) is 11.8 Å². The van der Waals surface area contributed by atoms with Crippen LogP contribution in [0.25, 0.3) is 0 Å². The Morgan fingerprint density at radius 3 is 2.43 bits per heavy atom. The Morgan fingerprint density at radius 2 is 1.90 bits per heavy atom. The van der Waals surface area contributed by atoms with E-state index in [4.69, 9.17) is 15.1 Å². The molecule has 1 unspecified atom stereocenters. The molecule has 9 nitrogen and oxygen atoms in total. The van der Waals surface area contributed by atoms with Gasteiger partial charge in [0.15, 0.2) is 9.84 Å². The van der Waals surface area contributed by atoms with Crippen LogP contribution in [0.3, 0.4) is 0 Å². The topological polar surface area (TPSA) is 142 Å². The molecule has 1 aromatic rings. The number of nitrogens with one attached hydrogen (secondary N) is 2. The minimum absolute atomic E-state index is 0.0374. The number of aliphatic hydroxyl groups excluding tert-OH is 1. The van der Waals surface area contributed by atoms with Crippen LogP contribution in [0, 0.1) is 23.7 Å². The average Bonchev–Trinajstić information content (AvgIpc) is 2.70. The third-order valence-electron chi connectivity index (χ3n) is 4.28. The Labute approximate surface area is 174 Å². The van der Waals surface area contributed by atoms with Crippen LogP contribution in [0.5, 0.6) is 0 Å². The molecule has 1 aromatic carbocycles. The fourth-order valence-corrected chi connectivity index (χ4v) is 4.91. The van der Waals surface area contributed by atoms with Crippen molar-refractivity contribution in [3.05, 3.63) is 35.4 Å². The molecule has 0 aromatic heterocycles. The molecule has 1 saturated heterocycles. The normalized spacial score (nSPS) is 16.5. The fraction of sp³-hybridized carbons (Fsp3) is 0.400.